The van der Waals surface area contributed by atoms with Gasteiger partial charge in [-0.3, -0.25) is 14.4 Å². The summed E-state index contributed by atoms with van der Waals surface area (Å²) in [6.45, 7) is 6.28. The van der Waals surface area contributed by atoms with Crippen LogP contribution in [-0.2, 0) is 28.6 Å². The number of ether oxygens (including phenoxy) is 3. The topological polar surface area (TPSA) is 78.9 Å². The molecule has 6 nitrogen and oxygen atoms in total. The summed E-state index contributed by atoms with van der Waals surface area (Å²) >= 11 is 0. The molecule has 0 aliphatic carbocycles. The summed E-state index contributed by atoms with van der Waals surface area (Å²) in [5, 5.41) is 0. The number of hydrogen-bond donors (Lipinski definition) is 0. The van der Waals surface area contributed by atoms with Gasteiger partial charge in [-0.2, -0.15) is 0 Å². The van der Waals surface area contributed by atoms with E-state index in [1.165, 1.54) is 51.4 Å². The SMILES string of the molecule is CC/C=C\C/C=C\C/C=C\C/C=C\C/C=C\C/C=C\C/C=C\CCCCCC(=O)OCC(COC(=O)CCCCCCCCC/C=C\C/C=C\CCCCC)OC(=O)CC/C=C\C/C=C\C/C=C\C/C=C\C/C=C\C/C=C\CC. The van der Waals surface area contributed by atoms with Crippen LogP contribution in [0.25, 0.3) is 0 Å². The predicted molar refractivity (Wildman–Crippen MR) is 343 cm³/mol. The second-order valence-corrected chi connectivity index (χ2v) is 19.8. The first-order chi connectivity index (χ1) is 39.0. The smallest absolute Gasteiger partial charge is 0.306 e. The molecule has 6 heteroatoms. The van der Waals surface area contributed by atoms with E-state index in [-0.39, 0.29) is 31.6 Å². The van der Waals surface area contributed by atoms with Crippen molar-refractivity contribution in [1.29, 1.82) is 0 Å². The maximum absolute atomic E-state index is 12.9. The molecule has 0 radical (unpaired) electrons. The molecule has 0 rings (SSSR count). The number of carbonyl (C=O) groups excluding carboxylic acids is 3. The van der Waals surface area contributed by atoms with Crippen LogP contribution in [0, 0.1) is 0 Å². The predicted octanol–water partition coefficient (Wildman–Crippen LogP) is 21.7. The van der Waals surface area contributed by atoms with E-state index in [2.05, 4.69) is 191 Å². The highest BCUT2D eigenvalue weighted by molar-refractivity contribution is 5.71. The summed E-state index contributed by atoms with van der Waals surface area (Å²) in [5.41, 5.74) is 0. The van der Waals surface area contributed by atoms with Crippen LogP contribution in [0.3, 0.4) is 0 Å². The molecule has 0 bridgehead atoms. The summed E-state index contributed by atoms with van der Waals surface area (Å²) in [6, 6.07) is 0. The lowest BCUT2D eigenvalue weighted by Crippen LogP contribution is -2.30. The monoisotopic (exact) mass is 1080 g/mol. The number of esters is 3. The molecule has 0 aromatic rings. The van der Waals surface area contributed by atoms with E-state index in [4.69, 9.17) is 14.2 Å². The van der Waals surface area contributed by atoms with Crippen LogP contribution in [0.5, 0.6) is 0 Å². The van der Waals surface area contributed by atoms with E-state index >= 15 is 0 Å². The highest BCUT2D eigenvalue weighted by Crippen LogP contribution is 2.13. The molecule has 0 fully saturated rings. The van der Waals surface area contributed by atoms with Gasteiger partial charge in [0.05, 0.1) is 0 Å². The Balaban J connectivity index is 4.60. The van der Waals surface area contributed by atoms with Gasteiger partial charge in [-0.15, -0.1) is 0 Å². The number of allylic oxidation sites excluding steroid dienone is 30. The molecular weight excluding hydrogens is 973 g/mol. The van der Waals surface area contributed by atoms with Crippen molar-refractivity contribution in [2.45, 2.75) is 245 Å². The Morgan fingerprint density at radius 2 is 0.519 bits per heavy atom. The minimum Gasteiger partial charge on any atom is -0.462 e. The van der Waals surface area contributed by atoms with Crippen LogP contribution < -0.4 is 0 Å². The molecule has 0 amide bonds. The number of unbranched alkanes of at least 4 members (excludes halogenated alkanes) is 13. The van der Waals surface area contributed by atoms with E-state index in [0.29, 0.717) is 19.3 Å². The molecule has 0 spiro atoms. The zero-order valence-corrected chi connectivity index (χ0v) is 50.3. The van der Waals surface area contributed by atoms with Gasteiger partial charge in [-0.05, 0) is 148 Å². The molecule has 0 N–H and O–H groups in total. The van der Waals surface area contributed by atoms with Crippen LogP contribution in [0.4, 0.5) is 0 Å². The number of carbonyl (C=O) groups is 3. The Morgan fingerprint density at radius 3 is 0.835 bits per heavy atom. The molecule has 0 aromatic carbocycles. The van der Waals surface area contributed by atoms with Crippen LogP contribution in [-0.4, -0.2) is 37.2 Å². The molecule has 0 aromatic heterocycles. The Hall–Kier alpha value is -5.49. The first kappa shape index (κ1) is 73.5. The van der Waals surface area contributed by atoms with E-state index in [9.17, 15) is 14.4 Å². The van der Waals surface area contributed by atoms with Gasteiger partial charge < -0.3 is 14.2 Å². The van der Waals surface area contributed by atoms with Crippen molar-refractivity contribution >= 4 is 17.9 Å². The lowest BCUT2D eigenvalue weighted by Gasteiger charge is -2.18. The van der Waals surface area contributed by atoms with Crippen molar-refractivity contribution in [2.75, 3.05) is 13.2 Å². The van der Waals surface area contributed by atoms with Crippen molar-refractivity contribution < 1.29 is 28.6 Å². The summed E-state index contributed by atoms with van der Waals surface area (Å²) < 4.78 is 16.8. The van der Waals surface area contributed by atoms with E-state index in [1.807, 2.05) is 12.2 Å². The Bertz CT molecular complexity index is 1870. The minimum atomic E-state index is -0.848. The first-order valence-corrected chi connectivity index (χ1v) is 31.3. The average Bonchev–Trinajstić information content (AvgIpc) is 3.45. The maximum atomic E-state index is 12.9. The minimum absolute atomic E-state index is 0.133. The van der Waals surface area contributed by atoms with Gasteiger partial charge in [0.1, 0.15) is 13.2 Å². The summed E-state index contributed by atoms with van der Waals surface area (Å²) in [6.07, 6.45) is 97.5. The van der Waals surface area contributed by atoms with Crippen LogP contribution >= 0.6 is 0 Å². The highest BCUT2D eigenvalue weighted by atomic mass is 16.6. The molecule has 0 heterocycles. The normalized spacial score (nSPS) is 13.4. The van der Waals surface area contributed by atoms with Crippen molar-refractivity contribution in [3.05, 3.63) is 182 Å². The molecule has 0 aliphatic heterocycles. The fourth-order valence-corrected chi connectivity index (χ4v) is 7.77. The van der Waals surface area contributed by atoms with Gasteiger partial charge in [0.25, 0.3) is 0 Å². The third-order valence-electron chi connectivity index (χ3n) is 12.4. The van der Waals surface area contributed by atoms with Gasteiger partial charge in [0.2, 0.25) is 0 Å². The Labute approximate surface area is 484 Å². The quantitative estimate of drug-likeness (QED) is 0.0261. The van der Waals surface area contributed by atoms with Crippen molar-refractivity contribution in [3.8, 4) is 0 Å². The number of rotatable bonds is 54. The summed E-state index contributed by atoms with van der Waals surface area (Å²) in [5.74, 6) is -1.07. The zero-order valence-electron chi connectivity index (χ0n) is 50.3. The second kappa shape index (κ2) is 65.0. The van der Waals surface area contributed by atoms with Crippen LogP contribution in [0.15, 0.2) is 182 Å². The molecule has 79 heavy (non-hydrogen) atoms. The fourth-order valence-electron chi connectivity index (χ4n) is 7.77. The summed E-state index contributed by atoms with van der Waals surface area (Å²) in [7, 11) is 0. The lowest BCUT2D eigenvalue weighted by atomic mass is 10.1. The highest BCUT2D eigenvalue weighted by Gasteiger charge is 2.19. The summed E-state index contributed by atoms with van der Waals surface area (Å²) in [4.78, 5) is 38.3. The molecular formula is C73H112O6. The molecule has 440 valence electrons. The zero-order chi connectivity index (χ0) is 57.1. The van der Waals surface area contributed by atoms with E-state index in [0.717, 1.165) is 141 Å². The van der Waals surface area contributed by atoms with Crippen molar-refractivity contribution in [1.82, 2.24) is 0 Å². The molecule has 0 aliphatic rings. The molecule has 1 unspecified atom stereocenters. The molecule has 1 atom stereocenters. The Kier molecular flexibility index (Phi) is 60.5. The maximum Gasteiger partial charge on any atom is 0.306 e. The molecule has 0 saturated carbocycles. The first-order valence-electron chi connectivity index (χ1n) is 31.3. The van der Waals surface area contributed by atoms with E-state index < -0.39 is 12.1 Å². The second-order valence-electron chi connectivity index (χ2n) is 19.8. The van der Waals surface area contributed by atoms with E-state index in [1.54, 1.807) is 0 Å². The fraction of sp³-hybridized carbons (Fsp3) is 0.548. The van der Waals surface area contributed by atoms with Crippen molar-refractivity contribution in [2.24, 2.45) is 0 Å². The van der Waals surface area contributed by atoms with Gasteiger partial charge in [0.15, 0.2) is 6.10 Å². The van der Waals surface area contributed by atoms with Crippen molar-refractivity contribution in [3.63, 3.8) is 0 Å². The number of hydrogen-bond acceptors (Lipinski definition) is 6. The standard InChI is InChI=1S/C73H112O6/c1-4-7-10-13-16-19-22-25-28-31-33-34-35-36-37-38-40-42-45-48-51-54-57-60-63-66-72(75)78-69-70(68-77-71(74)65-62-59-56-53-50-47-44-41-30-27-24-21-18-15-12-9-6-3)79-73(76)67-64-61-58-55-52-49-46-43-39-32-29-26-23-20-17-14-11-8-5-2/h7-8,10-11,16-21,25-30,33-34,36-37,39-40,42-43,48-49,51-52,58,61,70H,4-6,9,12-15,22-24,31-32,35,38,41,44-47,50,53-57,59-60,62-69H2,1-3H3/b10-7-,11-8-,19-16-,20-17-,21-18-,28-25-,29-26-,30-27-,34-33-,37-36-,42-40-,43-39-,51-48-,52-49-,61-58-. The third-order valence-corrected chi connectivity index (χ3v) is 12.4. The third kappa shape index (κ3) is 63.2. The van der Waals surface area contributed by atoms with Gasteiger partial charge in [0, 0.05) is 19.3 Å². The molecule has 0 saturated heterocycles. The van der Waals surface area contributed by atoms with Crippen LogP contribution in [0.2, 0.25) is 0 Å². The Morgan fingerprint density at radius 1 is 0.266 bits per heavy atom. The largest absolute Gasteiger partial charge is 0.462 e. The van der Waals surface area contributed by atoms with Gasteiger partial charge in [-0.1, -0.05) is 254 Å². The van der Waals surface area contributed by atoms with Gasteiger partial charge in [-0.25, -0.2) is 0 Å². The van der Waals surface area contributed by atoms with Crippen LogP contribution in [0.1, 0.15) is 239 Å². The van der Waals surface area contributed by atoms with Gasteiger partial charge >= 0.3 is 17.9 Å². The average molecular weight is 1090 g/mol. The lowest BCUT2D eigenvalue weighted by molar-refractivity contribution is -0.166.